The Balaban J connectivity index is 2.24. The van der Waals surface area contributed by atoms with Gasteiger partial charge in [0.1, 0.15) is 5.82 Å². The molecule has 3 nitrogen and oxygen atoms in total. The Bertz CT molecular complexity index is 497. The molecular formula is C17H24FNO2. The molecule has 1 saturated carbocycles. The van der Waals surface area contributed by atoms with Crippen molar-refractivity contribution >= 4 is 5.91 Å². The molecule has 1 aromatic carbocycles. The summed E-state index contributed by atoms with van der Waals surface area (Å²) in [6.45, 7) is 3.83. The topological polar surface area (TPSA) is 49.3 Å². The highest BCUT2D eigenvalue weighted by Crippen LogP contribution is 2.41. The predicted octanol–water partition coefficient (Wildman–Crippen LogP) is 2.77. The molecule has 0 aliphatic heterocycles. The first-order valence-corrected chi connectivity index (χ1v) is 7.67. The van der Waals surface area contributed by atoms with E-state index in [9.17, 15) is 14.3 Å². The van der Waals surface area contributed by atoms with Crippen molar-refractivity contribution in [3.8, 4) is 0 Å². The minimum absolute atomic E-state index is 0.0000810. The fourth-order valence-corrected chi connectivity index (χ4v) is 3.06. The maximum atomic E-state index is 13.5. The summed E-state index contributed by atoms with van der Waals surface area (Å²) in [5.41, 5.74) is 0.146. The molecular weight excluding hydrogens is 269 g/mol. The Labute approximate surface area is 125 Å². The van der Waals surface area contributed by atoms with Crippen molar-refractivity contribution in [3.63, 3.8) is 0 Å². The van der Waals surface area contributed by atoms with Crippen molar-refractivity contribution in [1.82, 2.24) is 5.32 Å². The van der Waals surface area contributed by atoms with Crippen molar-refractivity contribution in [1.29, 1.82) is 0 Å². The number of aliphatic hydroxyl groups excluding tert-OH is 1. The molecule has 116 valence electrons. The minimum atomic E-state index is -0.620. The Morgan fingerprint density at radius 1 is 1.38 bits per heavy atom. The highest BCUT2D eigenvalue weighted by molar-refractivity contribution is 5.88. The fourth-order valence-electron chi connectivity index (χ4n) is 3.06. The van der Waals surface area contributed by atoms with E-state index in [1.165, 1.54) is 12.1 Å². The lowest BCUT2D eigenvalue weighted by Gasteiger charge is -2.31. The zero-order valence-electron chi connectivity index (χ0n) is 12.7. The van der Waals surface area contributed by atoms with Crippen LogP contribution in [0.2, 0.25) is 0 Å². The summed E-state index contributed by atoms with van der Waals surface area (Å²) in [6.07, 6.45) is 3.47. The summed E-state index contributed by atoms with van der Waals surface area (Å²) in [5.74, 6) is -0.346. The number of rotatable bonds is 5. The van der Waals surface area contributed by atoms with Gasteiger partial charge in [-0.15, -0.1) is 0 Å². The molecule has 0 spiro atoms. The van der Waals surface area contributed by atoms with Crippen LogP contribution in [0.15, 0.2) is 24.3 Å². The first kappa shape index (κ1) is 16.0. The molecule has 1 fully saturated rings. The Morgan fingerprint density at radius 2 is 2.05 bits per heavy atom. The number of nitrogens with one attached hydrogen (secondary N) is 1. The number of halogens is 1. The second-order valence-electron chi connectivity index (χ2n) is 6.22. The van der Waals surface area contributed by atoms with Crippen LogP contribution in [0.25, 0.3) is 0 Å². The van der Waals surface area contributed by atoms with Crippen LogP contribution in [-0.4, -0.2) is 23.7 Å². The van der Waals surface area contributed by atoms with Crippen molar-refractivity contribution in [3.05, 3.63) is 35.6 Å². The van der Waals surface area contributed by atoms with Gasteiger partial charge in [0.15, 0.2) is 0 Å². The molecule has 0 radical (unpaired) electrons. The molecule has 2 N–H and O–H groups in total. The lowest BCUT2D eigenvalue weighted by molar-refractivity contribution is -0.127. The van der Waals surface area contributed by atoms with Gasteiger partial charge in [0.25, 0.3) is 0 Å². The van der Waals surface area contributed by atoms with Gasteiger partial charge in [0.05, 0.1) is 5.41 Å². The van der Waals surface area contributed by atoms with Crippen LogP contribution in [0.1, 0.15) is 45.1 Å². The van der Waals surface area contributed by atoms with Crippen LogP contribution < -0.4 is 5.32 Å². The average Bonchev–Trinajstić information content (AvgIpc) is 2.97. The lowest BCUT2D eigenvalue weighted by Crippen LogP contribution is -2.48. The van der Waals surface area contributed by atoms with Crippen LogP contribution in [0, 0.1) is 11.7 Å². The zero-order chi connectivity index (χ0) is 15.5. The summed E-state index contributed by atoms with van der Waals surface area (Å²) in [6, 6.07) is 6.28. The van der Waals surface area contributed by atoms with Gasteiger partial charge in [-0.05, 0) is 43.4 Å². The minimum Gasteiger partial charge on any atom is -0.396 e. The third-order valence-corrected chi connectivity index (χ3v) is 4.77. The summed E-state index contributed by atoms with van der Waals surface area (Å²) in [4.78, 5) is 12.8. The number of benzene rings is 1. The van der Waals surface area contributed by atoms with Crippen molar-refractivity contribution in [2.75, 3.05) is 6.61 Å². The van der Waals surface area contributed by atoms with Gasteiger partial charge in [0.2, 0.25) is 5.91 Å². The van der Waals surface area contributed by atoms with Gasteiger partial charge in [-0.1, -0.05) is 31.9 Å². The maximum absolute atomic E-state index is 13.5. The first-order valence-electron chi connectivity index (χ1n) is 7.67. The third kappa shape index (κ3) is 3.26. The van der Waals surface area contributed by atoms with Crippen molar-refractivity contribution in [2.45, 2.75) is 51.0 Å². The number of hydrogen-bond acceptors (Lipinski definition) is 2. The molecule has 1 amide bonds. The van der Waals surface area contributed by atoms with E-state index in [0.717, 1.165) is 31.2 Å². The largest absolute Gasteiger partial charge is 0.396 e. The smallest absolute Gasteiger partial charge is 0.230 e. The molecule has 4 heteroatoms. The van der Waals surface area contributed by atoms with Crippen LogP contribution >= 0.6 is 0 Å². The van der Waals surface area contributed by atoms with E-state index in [0.29, 0.717) is 0 Å². The van der Waals surface area contributed by atoms with Crippen LogP contribution in [0.5, 0.6) is 0 Å². The molecule has 1 aliphatic carbocycles. The number of amides is 1. The zero-order valence-corrected chi connectivity index (χ0v) is 12.7. The normalized spacial score (nSPS) is 20.0. The SMILES string of the molecule is CC(CO)C(C)NC(=O)C1(c2cccc(F)c2)CCCC1. The molecule has 1 aromatic rings. The Hall–Kier alpha value is -1.42. The molecule has 21 heavy (non-hydrogen) atoms. The molecule has 2 rings (SSSR count). The van der Waals surface area contributed by atoms with Crippen molar-refractivity contribution in [2.24, 2.45) is 5.92 Å². The molecule has 2 unspecified atom stereocenters. The second-order valence-corrected chi connectivity index (χ2v) is 6.22. The number of carbonyl (C=O) groups is 1. The maximum Gasteiger partial charge on any atom is 0.230 e. The number of hydrogen-bond donors (Lipinski definition) is 2. The summed E-state index contributed by atoms with van der Waals surface area (Å²) in [7, 11) is 0. The molecule has 0 heterocycles. The molecule has 1 aliphatic rings. The Kier molecular flexibility index (Phi) is 4.99. The summed E-state index contributed by atoms with van der Waals surface area (Å²) in [5, 5.41) is 12.2. The second kappa shape index (κ2) is 6.56. The van der Waals surface area contributed by atoms with E-state index in [1.807, 2.05) is 19.9 Å². The van der Waals surface area contributed by atoms with Crippen LogP contribution in [0.3, 0.4) is 0 Å². The van der Waals surface area contributed by atoms with E-state index in [1.54, 1.807) is 6.07 Å². The van der Waals surface area contributed by atoms with Crippen LogP contribution in [0.4, 0.5) is 4.39 Å². The lowest BCUT2D eigenvalue weighted by atomic mass is 9.77. The predicted molar refractivity (Wildman–Crippen MR) is 80.4 cm³/mol. The average molecular weight is 293 g/mol. The fraction of sp³-hybridized carbons (Fsp3) is 0.588. The quantitative estimate of drug-likeness (QED) is 0.877. The summed E-state index contributed by atoms with van der Waals surface area (Å²) < 4.78 is 13.5. The van der Waals surface area contributed by atoms with E-state index in [2.05, 4.69) is 5.32 Å². The standard InChI is InChI=1S/C17H24FNO2/c1-12(11-20)13(2)19-16(21)17(8-3-4-9-17)14-6-5-7-15(18)10-14/h5-7,10,12-13,20H,3-4,8-9,11H2,1-2H3,(H,19,21). The van der Waals surface area contributed by atoms with Crippen LogP contribution in [-0.2, 0) is 10.2 Å². The van der Waals surface area contributed by atoms with Gasteiger partial charge in [-0.2, -0.15) is 0 Å². The molecule has 0 bridgehead atoms. The van der Waals surface area contributed by atoms with Gasteiger partial charge in [-0.3, -0.25) is 4.79 Å². The van der Waals surface area contributed by atoms with Gasteiger partial charge in [0, 0.05) is 12.6 Å². The van der Waals surface area contributed by atoms with Gasteiger partial charge in [-0.25, -0.2) is 4.39 Å². The number of carbonyl (C=O) groups excluding carboxylic acids is 1. The molecule has 0 saturated heterocycles. The van der Waals surface area contributed by atoms with Gasteiger partial charge < -0.3 is 10.4 Å². The molecule has 2 atom stereocenters. The summed E-state index contributed by atoms with van der Waals surface area (Å²) >= 11 is 0. The monoisotopic (exact) mass is 293 g/mol. The Morgan fingerprint density at radius 3 is 2.62 bits per heavy atom. The van der Waals surface area contributed by atoms with E-state index in [4.69, 9.17) is 0 Å². The highest BCUT2D eigenvalue weighted by Gasteiger charge is 2.43. The van der Waals surface area contributed by atoms with E-state index >= 15 is 0 Å². The third-order valence-electron chi connectivity index (χ3n) is 4.77. The molecule has 0 aromatic heterocycles. The van der Waals surface area contributed by atoms with Crippen molar-refractivity contribution < 1.29 is 14.3 Å². The first-order chi connectivity index (χ1) is 9.99. The highest BCUT2D eigenvalue weighted by atomic mass is 19.1. The van der Waals surface area contributed by atoms with E-state index < -0.39 is 5.41 Å². The van der Waals surface area contributed by atoms with E-state index in [-0.39, 0.29) is 30.3 Å². The van der Waals surface area contributed by atoms with Gasteiger partial charge >= 0.3 is 0 Å². The number of aliphatic hydroxyl groups is 1.